The Kier molecular flexibility index (Phi) is 8.33. The predicted octanol–water partition coefficient (Wildman–Crippen LogP) is 3.82. The largest absolute Gasteiger partial charge is 0.465 e. The molecule has 1 aliphatic carbocycles. The van der Waals surface area contributed by atoms with Crippen molar-refractivity contribution in [3.63, 3.8) is 0 Å². The highest BCUT2D eigenvalue weighted by atomic mass is 32.2. The molecule has 0 aliphatic heterocycles. The van der Waals surface area contributed by atoms with Crippen LogP contribution < -0.4 is 0 Å². The molecule has 0 fully saturated rings. The molecule has 0 amide bonds. The van der Waals surface area contributed by atoms with Crippen molar-refractivity contribution in [1.82, 2.24) is 0 Å². The van der Waals surface area contributed by atoms with Gasteiger partial charge in [-0.15, -0.1) is 11.8 Å². The summed E-state index contributed by atoms with van der Waals surface area (Å²) in [5.74, 6) is -1.30. The Hall–Kier alpha value is -2.51. The fourth-order valence-electron chi connectivity index (χ4n) is 3.06. The number of thioether (sulfide) groups is 1. The molecule has 0 saturated heterocycles. The molecule has 0 heterocycles. The average molecular weight is 388 g/mol. The van der Waals surface area contributed by atoms with Crippen LogP contribution in [0.1, 0.15) is 40.0 Å². The SMILES string of the molecule is CCOC(=O)C(C#N)=C(CC1=CC(=C(C#N)C(=O)OC)CC(C)(C)C1)SC. The fourth-order valence-corrected chi connectivity index (χ4v) is 3.72. The molecule has 0 bridgehead atoms. The Bertz CT molecular complexity index is 792. The Labute approximate surface area is 164 Å². The second-order valence-electron chi connectivity index (χ2n) is 6.84. The molecule has 0 aromatic carbocycles. The smallest absolute Gasteiger partial charge is 0.349 e. The maximum absolute atomic E-state index is 12.0. The minimum Gasteiger partial charge on any atom is -0.465 e. The van der Waals surface area contributed by atoms with E-state index in [0.29, 0.717) is 23.3 Å². The molecule has 1 rings (SSSR count). The lowest BCUT2D eigenvalue weighted by atomic mass is 9.73. The molecular weight excluding hydrogens is 364 g/mol. The molecule has 0 saturated carbocycles. The summed E-state index contributed by atoms with van der Waals surface area (Å²) in [6, 6.07) is 3.87. The normalized spacial score (nSPS) is 18.3. The number of nitriles is 2. The first-order valence-corrected chi connectivity index (χ1v) is 9.70. The van der Waals surface area contributed by atoms with Gasteiger partial charge >= 0.3 is 11.9 Å². The van der Waals surface area contributed by atoms with Crippen molar-refractivity contribution >= 4 is 23.7 Å². The van der Waals surface area contributed by atoms with Gasteiger partial charge in [-0.05, 0) is 37.0 Å². The summed E-state index contributed by atoms with van der Waals surface area (Å²) in [6.07, 6.45) is 5.29. The molecule has 27 heavy (non-hydrogen) atoms. The topological polar surface area (TPSA) is 100 Å². The molecule has 0 unspecified atom stereocenters. The van der Waals surface area contributed by atoms with E-state index in [-0.39, 0.29) is 23.2 Å². The second-order valence-corrected chi connectivity index (χ2v) is 7.74. The first-order valence-electron chi connectivity index (χ1n) is 8.48. The average Bonchev–Trinajstić information content (AvgIpc) is 2.60. The maximum Gasteiger partial charge on any atom is 0.349 e. The van der Waals surface area contributed by atoms with Gasteiger partial charge in [-0.2, -0.15) is 10.5 Å². The molecule has 1 aliphatic rings. The van der Waals surface area contributed by atoms with Crippen LogP contribution in [0.4, 0.5) is 0 Å². The van der Waals surface area contributed by atoms with E-state index in [9.17, 15) is 20.1 Å². The van der Waals surface area contributed by atoms with Crippen LogP contribution in [-0.2, 0) is 19.1 Å². The first kappa shape index (κ1) is 22.5. The molecule has 0 atom stereocenters. The monoisotopic (exact) mass is 388 g/mol. The van der Waals surface area contributed by atoms with E-state index in [1.807, 2.05) is 32.1 Å². The van der Waals surface area contributed by atoms with Crippen LogP contribution in [0.2, 0.25) is 0 Å². The van der Waals surface area contributed by atoms with Gasteiger partial charge < -0.3 is 9.47 Å². The van der Waals surface area contributed by atoms with Crippen LogP contribution in [0.15, 0.2) is 33.3 Å². The third-order valence-corrected chi connectivity index (χ3v) is 4.92. The van der Waals surface area contributed by atoms with Gasteiger partial charge in [0, 0.05) is 11.3 Å². The van der Waals surface area contributed by atoms with Crippen LogP contribution in [0.25, 0.3) is 0 Å². The standard InChI is InChI=1S/C20H24N2O4S/c1-6-26-19(24)16(12-22)17(27-5)8-13-7-14(10-20(2,3)9-13)15(11-21)18(23)25-4/h7H,6,8-10H2,1-5H3. The number of nitrogens with zero attached hydrogens (tertiary/aromatic N) is 2. The lowest BCUT2D eigenvalue weighted by molar-refractivity contribution is -0.138. The summed E-state index contributed by atoms with van der Waals surface area (Å²) in [4.78, 5) is 24.6. The Morgan fingerprint density at radius 2 is 1.89 bits per heavy atom. The Morgan fingerprint density at radius 3 is 2.37 bits per heavy atom. The summed E-state index contributed by atoms with van der Waals surface area (Å²) in [5, 5.41) is 18.8. The number of ether oxygens (including phenoxy) is 2. The van der Waals surface area contributed by atoms with Crippen molar-refractivity contribution in [3.05, 3.63) is 33.3 Å². The molecule has 0 aromatic heterocycles. The van der Waals surface area contributed by atoms with E-state index in [0.717, 1.165) is 12.0 Å². The van der Waals surface area contributed by atoms with Gasteiger partial charge in [0.15, 0.2) is 0 Å². The van der Waals surface area contributed by atoms with Crippen molar-refractivity contribution in [3.8, 4) is 12.1 Å². The molecule has 6 nitrogen and oxygen atoms in total. The summed E-state index contributed by atoms with van der Waals surface area (Å²) < 4.78 is 9.67. The second kappa shape index (κ2) is 9.99. The van der Waals surface area contributed by atoms with Gasteiger partial charge in [-0.1, -0.05) is 25.5 Å². The summed E-state index contributed by atoms with van der Waals surface area (Å²) in [7, 11) is 1.24. The van der Waals surface area contributed by atoms with E-state index in [1.165, 1.54) is 18.9 Å². The van der Waals surface area contributed by atoms with Gasteiger partial charge in [0.05, 0.1) is 13.7 Å². The molecule has 0 aromatic rings. The minimum absolute atomic E-state index is 0.00682. The number of carbonyl (C=O) groups excluding carboxylic acids is 2. The van der Waals surface area contributed by atoms with Crippen molar-refractivity contribution in [2.75, 3.05) is 20.0 Å². The van der Waals surface area contributed by atoms with Gasteiger partial charge in [0.25, 0.3) is 0 Å². The summed E-state index contributed by atoms with van der Waals surface area (Å²) in [6.45, 7) is 5.97. The zero-order valence-electron chi connectivity index (χ0n) is 16.3. The molecule has 0 radical (unpaired) electrons. The molecule has 0 spiro atoms. The van der Waals surface area contributed by atoms with E-state index in [2.05, 4.69) is 0 Å². The molecule has 144 valence electrons. The van der Waals surface area contributed by atoms with Crippen molar-refractivity contribution in [2.24, 2.45) is 5.41 Å². The number of rotatable bonds is 6. The minimum atomic E-state index is -0.661. The van der Waals surface area contributed by atoms with Crippen LogP contribution in [0.5, 0.6) is 0 Å². The Morgan fingerprint density at radius 1 is 1.22 bits per heavy atom. The lowest BCUT2D eigenvalue weighted by Gasteiger charge is -2.32. The van der Waals surface area contributed by atoms with Gasteiger partial charge in [0.1, 0.15) is 23.3 Å². The Balaban J connectivity index is 3.40. The van der Waals surface area contributed by atoms with Crippen molar-refractivity contribution < 1.29 is 19.1 Å². The predicted molar refractivity (Wildman–Crippen MR) is 103 cm³/mol. The number of hydrogen-bond acceptors (Lipinski definition) is 7. The van der Waals surface area contributed by atoms with E-state index < -0.39 is 11.9 Å². The van der Waals surface area contributed by atoms with E-state index in [1.54, 1.807) is 13.2 Å². The zero-order valence-corrected chi connectivity index (χ0v) is 17.2. The highest BCUT2D eigenvalue weighted by Gasteiger charge is 2.30. The van der Waals surface area contributed by atoms with Crippen LogP contribution in [0.3, 0.4) is 0 Å². The number of hydrogen-bond donors (Lipinski definition) is 0. The first-order chi connectivity index (χ1) is 12.7. The van der Waals surface area contributed by atoms with Crippen molar-refractivity contribution in [2.45, 2.75) is 40.0 Å². The fraction of sp³-hybridized carbons (Fsp3) is 0.500. The van der Waals surface area contributed by atoms with Crippen LogP contribution >= 0.6 is 11.8 Å². The van der Waals surface area contributed by atoms with Gasteiger partial charge in [-0.3, -0.25) is 0 Å². The number of methoxy groups -OCH3 is 1. The molecular formula is C20H24N2O4S. The van der Waals surface area contributed by atoms with Crippen LogP contribution in [-0.4, -0.2) is 31.9 Å². The lowest BCUT2D eigenvalue weighted by Crippen LogP contribution is -2.20. The molecule has 0 N–H and O–H groups in total. The third kappa shape index (κ3) is 6.01. The van der Waals surface area contributed by atoms with E-state index >= 15 is 0 Å². The summed E-state index contributed by atoms with van der Waals surface area (Å²) >= 11 is 1.32. The van der Waals surface area contributed by atoms with Crippen molar-refractivity contribution in [1.29, 1.82) is 10.5 Å². The number of allylic oxidation sites excluding steroid dienone is 4. The highest BCUT2D eigenvalue weighted by molar-refractivity contribution is 8.02. The molecule has 7 heteroatoms. The zero-order chi connectivity index (χ0) is 20.6. The number of carbonyl (C=O) groups is 2. The summed E-state index contributed by atoms with van der Waals surface area (Å²) in [5.41, 5.74) is 1.37. The third-order valence-electron chi connectivity index (χ3n) is 4.08. The van der Waals surface area contributed by atoms with E-state index in [4.69, 9.17) is 9.47 Å². The highest BCUT2D eigenvalue weighted by Crippen LogP contribution is 2.42. The number of esters is 2. The van der Waals surface area contributed by atoms with Crippen LogP contribution in [0, 0.1) is 28.1 Å². The quantitative estimate of drug-likeness (QED) is 0.387. The van der Waals surface area contributed by atoms with Gasteiger partial charge in [0.2, 0.25) is 0 Å². The maximum atomic E-state index is 12.0. The van der Waals surface area contributed by atoms with Gasteiger partial charge in [-0.25, -0.2) is 9.59 Å².